The van der Waals surface area contributed by atoms with Crippen LogP contribution in [0, 0.1) is 13.8 Å². The van der Waals surface area contributed by atoms with Crippen LogP contribution in [0.15, 0.2) is 35.1 Å². The molecule has 4 rings (SSSR count). The third-order valence-electron chi connectivity index (χ3n) is 5.38. The van der Waals surface area contributed by atoms with E-state index in [9.17, 15) is 4.79 Å². The summed E-state index contributed by atoms with van der Waals surface area (Å²) < 4.78 is 6.79. The maximum Gasteiger partial charge on any atom is 0.275 e. The number of rotatable bonds is 4. The average molecular weight is 352 g/mol. The molecule has 6 nitrogen and oxygen atoms in total. The standard InChI is InChI=1S/C20H24N4O2/c1-13-14(2)21-19-10-18(22-24(19)20(13)25)16-8-9-23(12-16)11-15-4-6-17(26-3)7-5-15/h4-7,10,16,22H,8-9,11-12H2,1-3H3/t16-/m1/s1. The molecule has 136 valence electrons. The second kappa shape index (κ2) is 6.61. The Morgan fingerprint density at radius 2 is 2.04 bits per heavy atom. The number of nitrogens with one attached hydrogen (secondary N) is 1. The minimum Gasteiger partial charge on any atom is -0.497 e. The molecule has 3 aromatic rings. The topological polar surface area (TPSA) is 62.6 Å². The summed E-state index contributed by atoms with van der Waals surface area (Å²) in [5.74, 6) is 1.28. The molecule has 0 bridgehead atoms. The van der Waals surface area contributed by atoms with Crippen LogP contribution in [0.5, 0.6) is 5.75 Å². The lowest BCUT2D eigenvalue weighted by molar-refractivity contribution is 0.326. The molecule has 0 amide bonds. The van der Waals surface area contributed by atoms with Crippen LogP contribution in [0.4, 0.5) is 0 Å². The van der Waals surface area contributed by atoms with Gasteiger partial charge in [0.2, 0.25) is 0 Å². The van der Waals surface area contributed by atoms with Gasteiger partial charge >= 0.3 is 0 Å². The molecule has 1 aliphatic rings. The van der Waals surface area contributed by atoms with Crippen molar-refractivity contribution in [3.8, 4) is 5.75 Å². The number of ether oxygens (including phenoxy) is 1. The Morgan fingerprint density at radius 3 is 2.77 bits per heavy atom. The number of benzene rings is 1. The molecule has 0 unspecified atom stereocenters. The lowest BCUT2D eigenvalue weighted by Gasteiger charge is -2.16. The van der Waals surface area contributed by atoms with E-state index in [1.165, 1.54) is 5.56 Å². The normalized spacial score (nSPS) is 17.9. The Kier molecular flexibility index (Phi) is 4.28. The highest BCUT2D eigenvalue weighted by Crippen LogP contribution is 2.28. The first-order chi connectivity index (χ1) is 12.5. The number of hydrogen-bond acceptors (Lipinski definition) is 4. The minimum atomic E-state index is -0.00756. The average Bonchev–Trinajstić information content (AvgIpc) is 3.27. The first-order valence-electron chi connectivity index (χ1n) is 8.99. The van der Waals surface area contributed by atoms with Crippen LogP contribution in [0.2, 0.25) is 0 Å². The predicted molar refractivity (Wildman–Crippen MR) is 101 cm³/mol. The second-order valence-electron chi connectivity index (χ2n) is 7.10. The van der Waals surface area contributed by atoms with Crippen molar-refractivity contribution in [3.63, 3.8) is 0 Å². The van der Waals surface area contributed by atoms with Crippen molar-refractivity contribution < 1.29 is 4.74 Å². The lowest BCUT2D eigenvalue weighted by Crippen LogP contribution is -2.20. The Morgan fingerprint density at radius 1 is 1.27 bits per heavy atom. The van der Waals surface area contributed by atoms with Gasteiger partial charge in [-0.15, -0.1) is 0 Å². The molecule has 6 heteroatoms. The molecule has 0 spiro atoms. The summed E-state index contributed by atoms with van der Waals surface area (Å²) in [6, 6.07) is 10.3. The molecule has 3 heterocycles. The number of nitrogens with zero attached hydrogens (tertiary/aromatic N) is 3. The Labute approximate surface area is 152 Å². The highest BCUT2D eigenvalue weighted by Gasteiger charge is 2.26. The van der Waals surface area contributed by atoms with E-state index < -0.39 is 0 Å². The molecule has 1 N–H and O–H groups in total. The van der Waals surface area contributed by atoms with Crippen molar-refractivity contribution in [2.45, 2.75) is 32.7 Å². The number of fused-ring (bicyclic) bond motifs is 1. The molecule has 1 aliphatic heterocycles. The maximum absolute atomic E-state index is 12.4. The third-order valence-corrected chi connectivity index (χ3v) is 5.38. The fourth-order valence-electron chi connectivity index (χ4n) is 3.67. The zero-order valence-corrected chi connectivity index (χ0v) is 15.5. The molecule has 1 saturated heterocycles. The number of aromatic nitrogens is 3. The summed E-state index contributed by atoms with van der Waals surface area (Å²) in [5, 5.41) is 3.27. The summed E-state index contributed by atoms with van der Waals surface area (Å²) in [6.07, 6.45) is 1.08. The fraction of sp³-hybridized carbons (Fsp3) is 0.400. The lowest BCUT2D eigenvalue weighted by atomic mass is 10.1. The van der Waals surface area contributed by atoms with Crippen LogP contribution in [0.1, 0.15) is 34.9 Å². The van der Waals surface area contributed by atoms with Crippen molar-refractivity contribution in [2.75, 3.05) is 20.2 Å². The van der Waals surface area contributed by atoms with Crippen LogP contribution >= 0.6 is 0 Å². The van der Waals surface area contributed by atoms with Crippen molar-refractivity contribution >= 4 is 5.65 Å². The van der Waals surface area contributed by atoms with Gasteiger partial charge in [-0.1, -0.05) is 12.1 Å². The van der Waals surface area contributed by atoms with E-state index in [0.717, 1.165) is 43.2 Å². The summed E-state index contributed by atoms with van der Waals surface area (Å²) in [4.78, 5) is 19.4. The van der Waals surface area contributed by atoms with Crippen LogP contribution in [-0.4, -0.2) is 39.7 Å². The number of aromatic amines is 1. The molecule has 1 atom stereocenters. The summed E-state index contributed by atoms with van der Waals surface area (Å²) in [6.45, 7) is 6.66. The Hall–Kier alpha value is -2.60. The predicted octanol–water partition coefficient (Wildman–Crippen LogP) is 2.64. The number of aryl methyl sites for hydroxylation is 1. The van der Waals surface area contributed by atoms with Crippen LogP contribution in [-0.2, 0) is 6.54 Å². The van der Waals surface area contributed by atoms with Crippen molar-refractivity contribution in [1.29, 1.82) is 0 Å². The van der Waals surface area contributed by atoms with Gasteiger partial charge in [0.05, 0.1) is 7.11 Å². The smallest absolute Gasteiger partial charge is 0.275 e. The van der Waals surface area contributed by atoms with Crippen molar-refractivity contribution in [3.05, 3.63) is 63.2 Å². The number of hydrogen-bond donors (Lipinski definition) is 1. The van der Waals surface area contributed by atoms with Gasteiger partial charge in [0.15, 0.2) is 5.65 Å². The summed E-state index contributed by atoms with van der Waals surface area (Å²) >= 11 is 0. The number of H-pyrrole nitrogens is 1. The van der Waals surface area contributed by atoms with E-state index in [-0.39, 0.29) is 5.56 Å². The molecular weight excluding hydrogens is 328 g/mol. The van der Waals surface area contributed by atoms with E-state index in [2.05, 4.69) is 27.1 Å². The van der Waals surface area contributed by atoms with Crippen molar-refractivity contribution in [1.82, 2.24) is 19.5 Å². The zero-order chi connectivity index (χ0) is 18.3. The molecule has 0 saturated carbocycles. The molecule has 1 fully saturated rings. The van der Waals surface area contributed by atoms with Crippen LogP contribution in [0.25, 0.3) is 5.65 Å². The minimum absolute atomic E-state index is 0.00756. The fourth-order valence-corrected chi connectivity index (χ4v) is 3.67. The first-order valence-corrected chi connectivity index (χ1v) is 8.99. The van der Waals surface area contributed by atoms with E-state index in [1.54, 1.807) is 11.6 Å². The quantitative estimate of drug-likeness (QED) is 0.784. The van der Waals surface area contributed by atoms with Gasteiger partial charge in [-0.05, 0) is 44.5 Å². The molecule has 2 aromatic heterocycles. The van der Waals surface area contributed by atoms with E-state index >= 15 is 0 Å². The SMILES string of the molecule is COc1ccc(CN2CC[C@@H](c3cc4nc(C)c(C)c(=O)n4[nH]3)C2)cc1. The highest BCUT2D eigenvalue weighted by atomic mass is 16.5. The van der Waals surface area contributed by atoms with Gasteiger partial charge in [-0.25, -0.2) is 9.50 Å². The molecule has 1 aromatic carbocycles. The van der Waals surface area contributed by atoms with E-state index in [0.29, 0.717) is 17.1 Å². The first kappa shape index (κ1) is 16.8. The summed E-state index contributed by atoms with van der Waals surface area (Å²) in [5.41, 5.74) is 4.58. The van der Waals surface area contributed by atoms with Crippen LogP contribution in [0.3, 0.4) is 0 Å². The zero-order valence-electron chi connectivity index (χ0n) is 15.5. The van der Waals surface area contributed by atoms with Gasteiger partial charge in [-0.3, -0.25) is 14.8 Å². The Balaban J connectivity index is 1.50. The highest BCUT2D eigenvalue weighted by molar-refractivity contribution is 5.42. The Bertz CT molecular complexity index is 987. The maximum atomic E-state index is 12.4. The van der Waals surface area contributed by atoms with Gasteiger partial charge in [0.1, 0.15) is 5.75 Å². The van der Waals surface area contributed by atoms with E-state index in [1.807, 2.05) is 32.0 Å². The number of likely N-dealkylation sites (tertiary alicyclic amines) is 1. The van der Waals surface area contributed by atoms with Gasteiger partial charge < -0.3 is 4.74 Å². The van der Waals surface area contributed by atoms with Gasteiger partial charge in [-0.2, -0.15) is 0 Å². The van der Waals surface area contributed by atoms with Gasteiger partial charge in [0.25, 0.3) is 5.56 Å². The van der Waals surface area contributed by atoms with Gasteiger partial charge in [0, 0.05) is 42.0 Å². The summed E-state index contributed by atoms with van der Waals surface area (Å²) in [7, 11) is 1.68. The molecule has 0 radical (unpaired) electrons. The molecule has 26 heavy (non-hydrogen) atoms. The monoisotopic (exact) mass is 352 g/mol. The van der Waals surface area contributed by atoms with Crippen molar-refractivity contribution in [2.24, 2.45) is 0 Å². The second-order valence-corrected chi connectivity index (χ2v) is 7.10. The third kappa shape index (κ3) is 3.01. The molecular formula is C20H24N4O2. The van der Waals surface area contributed by atoms with Crippen LogP contribution < -0.4 is 10.3 Å². The molecule has 0 aliphatic carbocycles. The van der Waals surface area contributed by atoms with E-state index in [4.69, 9.17) is 4.74 Å². The number of methoxy groups -OCH3 is 1. The largest absolute Gasteiger partial charge is 0.497 e.